The molecular weight excluding hydrogens is 646 g/mol. The molecule has 3 aromatic rings. The molecule has 2 amide bonds. The van der Waals surface area contributed by atoms with Crippen LogP contribution in [0.2, 0.25) is 0 Å². The fourth-order valence-electron chi connectivity index (χ4n) is 6.61. The van der Waals surface area contributed by atoms with Crippen molar-refractivity contribution in [1.82, 2.24) is 5.32 Å². The van der Waals surface area contributed by atoms with E-state index in [2.05, 4.69) is 25.9 Å². The Labute approximate surface area is 299 Å². The maximum atomic E-state index is 13.8. The van der Waals surface area contributed by atoms with E-state index in [1.807, 2.05) is 71.0 Å². The minimum Gasteiger partial charge on any atom is -0.478 e. The molecule has 3 N–H and O–H groups in total. The Bertz CT molecular complexity index is 1820. The Morgan fingerprint density at radius 2 is 1.59 bits per heavy atom. The lowest BCUT2D eigenvalue weighted by Crippen LogP contribution is -2.37. The van der Waals surface area contributed by atoms with E-state index < -0.39 is 23.6 Å². The molecule has 0 spiro atoms. The van der Waals surface area contributed by atoms with Gasteiger partial charge in [0.05, 0.1) is 5.56 Å². The standard InChI is InChI=1S/C40H47N5O6/c1-24-18-32(38(48)49)20-34(25(24)2)28-10-6-26(7-11-28)19-31(37(47)44-33-16-14-30(15-17-33)36-42-23-43-45-36)21-35(46)29-12-8-27(9-13-29)22-41-39(50)51-40(3,4)5/h6-7,10-11,14-18,20,27,29,31H,8-9,12-13,19,21-23H2,1-5H3,(H,41,50)(H,44,47)(H,48,49)/t27?,29?,31-/m1/s1. The number of carboxylic acids is 1. The van der Waals surface area contributed by atoms with E-state index in [9.17, 15) is 24.3 Å². The van der Waals surface area contributed by atoms with Crippen molar-refractivity contribution in [3.05, 3.63) is 88.5 Å². The number of hydrogen-bond donors (Lipinski definition) is 3. The van der Waals surface area contributed by atoms with Crippen molar-refractivity contribution >= 4 is 35.3 Å². The number of amides is 2. The summed E-state index contributed by atoms with van der Waals surface area (Å²) in [6.07, 6.45) is 3.06. The summed E-state index contributed by atoms with van der Waals surface area (Å²) in [6.45, 7) is 10.2. The number of carbonyl (C=O) groups is 4. The highest BCUT2D eigenvalue weighted by Gasteiger charge is 2.31. The number of Topliss-reactive ketones (excluding diaryl/α,β-unsaturated/α-hetero) is 1. The van der Waals surface area contributed by atoms with Gasteiger partial charge in [0.1, 0.15) is 11.4 Å². The second kappa shape index (κ2) is 16.2. The number of aliphatic imine (C=N–C) groups is 1. The van der Waals surface area contributed by atoms with Crippen LogP contribution in [-0.2, 0) is 20.7 Å². The minimum atomic E-state index is -0.979. The van der Waals surface area contributed by atoms with Crippen molar-refractivity contribution in [3.8, 4) is 11.1 Å². The molecule has 0 bridgehead atoms. The number of carbonyl (C=O) groups excluding carboxylic acids is 3. The first-order valence-corrected chi connectivity index (χ1v) is 17.5. The second-order valence-corrected chi connectivity index (χ2v) is 14.6. The lowest BCUT2D eigenvalue weighted by molar-refractivity contribution is -0.129. The van der Waals surface area contributed by atoms with Crippen LogP contribution in [0, 0.1) is 31.6 Å². The first kappa shape index (κ1) is 37.1. The van der Waals surface area contributed by atoms with Crippen LogP contribution in [0.3, 0.4) is 0 Å². The number of anilines is 1. The predicted octanol–water partition coefficient (Wildman–Crippen LogP) is 7.93. The number of aryl methyl sites for hydroxylation is 1. The van der Waals surface area contributed by atoms with Crippen LogP contribution in [0.15, 0.2) is 75.9 Å². The zero-order chi connectivity index (χ0) is 36.7. The lowest BCUT2D eigenvalue weighted by Gasteiger charge is -2.29. The van der Waals surface area contributed by atoms with E-state index in [0.29, 0.717) is 44.0 Å². The van der Waals surface area contributed by atoms with Gasteiger partial charge in [-0.1, -0.05) is 24.3 Å². The van der Waals surface area contributed by atoms with Crippen LogP contribution in [0.25, 0.3) is 11.1 Å². The van der Waals surface area contributed by atoms with E-state index in [-0.39, 0.29) is 35.5 Å². The molecule has 11 heteroatoms. The van der Waals surface area contributed by atoms with Gasteiger partial charge in [-0.05, 0) is 137 Å². The highest BCUT2D eigenvalue weighted by atomic mass is 16.6. The van der Waals surface area contributed by atoms with E-state index in [1.165, 1.54) is 0 Å². The molecule has 5 rings (SSSR count). The van der Waals surface area contributed by atoms with Crippen molar-refractivity contribution < 1.29 is 29.0 Å². The molecule has 1 aliphatic heterocycles. The Balaban J connectivity index is 1.27. The van der Waals surface area contributed by atoms with Crippen molar-refractivity contribution in [3.63, 3.8) is 0 Å². The number of amidine groups is 1. The minimum absolute atomic E-state index is 0.0712. The summed E-state index contributed by atoms with van der Waals surface area (Å²) in [6, 6.07) is 18.4. The van der Waals surface area contributed by atoms with E-state index in [1.54, 1.807) is 24.3 Å². The quantitative estimate of drug-likeness (QED) is 0.175. The molecule has 0 saturated heterocycles. The van der Waals surface area contributed by atoms with Gasteiger partial charge >= 0.3 is 12.1 Å². The number of benzene rings is 3. The zero-order valence-electron chi connectivity index (χ0n) is 30.0. The molecule has 51 heavy (non-hydrogen) atoms. The third kappa shape index (κ3) is 10.2. The van der Waals surface area contributed by atoms with Crippen molar-refractivity contribution in [2.24, 2.45) is 33.0 Å². The maximum absolute atomic E-state index is 13.8. The third-order valence-corrected chi connectivity index (χ3v) is 9.58. The fourth-order valence-corrected chi connectivity index (χ4v) is 6.61. The average molecular weight is 694 g/mol. The van der Waals surface area contributed by atoms with Crippen molar-refractivity contribution in [2.75, 3.05) is 18.5 Å². The largest absolute Gasteiger partial charge is 0.478 e. The number of nitrogens with one attached hydrogen (secondary N) is 2. The van der Waals surface area contributed by atoms with E-state index in [0.717, 1.165) is 46.2 Å². The molecule has 0 unspecified atom stereocenters. The summed E-state index contributed by atoms with van der Waals surface area (Å²) in [5.41, 5.74) is 5.59. The number of carboxylic acid groups (broad SMARTS) is 1. The highest BCUT2D eigenvalue weighted by Crippen LogP contribution is 2.32. The molecule has 1 aliphatic carbocycles. The molecule has 0 aromatic heterocycles. The van der Waals surface area contributed by atoms with Gasteiger partial charge in [-0.3, -0.25) is 9.59 Å². The van der Waals surface area contributed by atoms with Gasteiger partial charge in [0.15, 0.2) is 12.5 Å². The van der Waals surface area contributed by atoms with Gasteiger partial charge in [0.2, 0.25) is 5.91 Å². The van der Waals surface area contributed by atoms with Crippen LogP contribution in [0.4, 0.5) is 10.5 Å². The molecule has 11 nitrogen and oxygen atoms in total. The Kier molecular flexibility index (Phi) is 11.8. The smallest absolute Gasteiger partial charge is 0.407 e. The van der Waals surface area contributed by atoms with Gasteiger partial charge in [-0.2, -0.15) is 5.11 Å². The van der Waals surface area contributed by atoms with Crippen molar-refractivity contribution in [2.45, 2.75) is 78.7 Å². The zero-order valence-corrected chi connectivity index (χ0v) is 30.0. The SMILES string of the molecule is Cc1cc(C(=O)O)cc(-c2ccc(C[C@H](CC(=O)C3CCC(CNC(=O)OC(C)(C)C)CC3)C(=O)Nc3ccc(C4=NCN=N4)cc3)cc2)c1C. The van der Waals surface area contributed by atoms with Gasteiger partial charge in [0, 0.05) is 36.1 Å². The normalized spacial score (nSPS) is 17.7. The van der Waals surface area contributed by atoms with Crippen molar-refractivity contribution in [1.29, 1.82) is 0 Å². The lowest BCUT2D eigenvalue weighted by atomic mass is 9.77. The van der Waals surface area contributed by atoms with Gasteiger partial charge in [0.25, 0.3) is 0 Å². The molecule has 1 heterocycles. The third-order valence-electron chi connectivity index (χ3n) is 9.58. The number of alkyl carbamates (subject to hydrolysis) is 1. The molecule has 1 saturated carbocycles. The fraction of sp³-hybridized carbons (Fsp3) is 0.425. The summed E-state index contributed by atoms with van der Waals surface area (Å²) in [4.78, 5) is 55.6. The summed E-state index contributed by atoms with van der Waals surface area (Å²) < 4.78 is 5.35. The van der Waals surface area contributed by atoms with Crippen LogP contribution in [-0.4, -0.2) is 53.5 Å². The predicted molar refractivity (Wildman–Crippen MR) is 196 cm³/mol. The van der Waals surface area contributed by atoms with Crippen LogP contribution < -0.4 is 10.6 Å². The first-order valence-electron chi connectivity index (χ1n) is 17.5. The number of rotatable bonds is 12. The first-order chi connectivity index (χ1) is 24.3. The monoisotopic (exact) mass is 693 g/mol. The van der Waals surface area contributed by atoms with Crippen LogP contribution >= 0.6 is 0 Å². The topological polar surface area (TPSA) is 159 Å². The van der Waals surface area contributed by atoms with Gasteiger partial charge < -0.3 is 20.5 Å². The Hall–Kier alpha value is -5.19. The summed E-state index contributed by atoms with van der Waals surface area (Å²) in [5, 5.41) is 23.4. The summed E-state index contributed by atoms with van der Waals surface area (Å²) in [7, 11) is 0. The van der Waals surface area contributed by atoms with Crippen LogP contribution in [0.1, 0.15) is 85.5 Å². The maximum Gasteiger partial charge on any atom is 0.407 e. The number of ketones is 1. The Morgan fingerprint density at radius 3 is 2.20 bits per heavy atom. The average Bonchev–Trinajstić information content (AvgIpc) is 3.64. The highest BCUT2D eigenvalue weighted by molar-refractivity contribution is 6.01. The molecule has 2 aliphatic rings. The Morgan fingerprint density at radius 1 is 0.922 bits per heavy atom. The molecule has 0 radical (unpaired) electrons. The second-order valence-electron chi connectivity index (χ2n) is 14.6. The molecular formula is C40H47N5O6. The number of aromatic carboxylic acids is 1. The van der Waals surface area contributed by atoms with Gasteiger partial charge in [-0.15, -0.1) is 5.11 Å². The number of nitrogens with zero attached hydrogens (tertiary/aromatic N) is 3. The number of azo groups is 1. The molecule has 268 valence electrons. The van der Waals surface area contributed by atoms with Crippen LogP contribution in [0.5, 0.6) is 0 Å². The molecule has 1 atom stereocenters. The molecule has 1 fully saturated rings. The van der Waals surface area contributed by atoms with Gasteiger partial charge in [-0.25, -0.2) is 14.6 Å². The number of ether oxygens (including phenoxy) is 1. The van der Waals surface area contributed by atoms with E-state index >= 15 is 0 Å². The van der Waals surface area contributed by atoms with E-state index in [4.69, 9.17) is 4.74 Å². The summed E-state index contributed by atoms with van der Waals surface area (Å²) in [5.74, 6) is -1.09. The number of hydrogen-bond acceptors (Lipinski definition) is 8. The summed E-state index contributed by atoms with van der Waals surface area (Å²) >= 11 is 0. The molecule has 3 aromatic carbocycles.